The van der Waals surface area contributed by atoms with Crippen LogP contribution >= 0.6 is 0 Å². The molecule has 3 aromatic carbocycles. The highest BCUT2D eigenvalue weighted by Gasteiger charge is 2.29. The van der Waals surface area contributed by atoms with Gasteiger partial charge in [0.25, 0.3) is 5.91 Å². The van der Waals surface area contributed by atoms with Crippen molar-refractivity contribution in [1.82, 2.24) is 10.6 Å². The number of carbonyl (C=O) groups is 4. The van der Waals surface area contributed by atoms with Crippen LogP contribution in [0.15, 0.2) is 84.9 Å². The Hall–Kier alpha value is -4.50. The second kappa shape index (κ2) is 15.5. The summed E-state index contributed by atoms with van der Waals surface area (Å²) in [5.41, 5.74) is 1.50. The number of carbonyl (C=O) groups excluding carboxylic acids is 4. The Balaban J connectivity index is 1.45. The Bertz CT molecular complexity index is 1410. The van der Waals surface area contributed by atoms with Crippen LogP contribution in [0.25, 0.3) is 10.8 Å². The van der Waals surface area contributed by atoms with E-state index >= 15 is 0 Å². The van der Waals surface area contributed by atoms with Crippen molar-refractivity contribution in [2.45, 2.75) is 50.6 Å². The quantitative estimate of drug-likeness (QED) is 0.241. The van der Waals surface area contributed by atoms with Gasteiger partial charge in [0, 0.05) is 18.5 Å². The third kappa shape index (κ3) is 9.27. The molecule has 0 saturated carbocycles. The average molecular weight is 572 g/mol. The maximum atomic E-state index is 13.4. The molecule has 1 aliphatic rings. The van der Waals surface area contributed by atoms with Gasteiger partial charge < -0.3 is 25.8 Å². The van der Waals surface area contributed by atoms with Gasteiger partial charge in [-0.15, -0.1) is 0 Å². The van der Waals surface area contributed by atoms with Crippen molar-refractivity contribution in [2.75, 3.05) is 18.5 Å². The third-order valence-corrected chi connectivity index (χ3v) is 7.11. The molecule has 0 saturated heterocycles. The average Bonchev–Trinajstić information content (AvgIpc) is 3.01. The Labute approximate surface area is 245 Å². The summed E-state index contributed by atoms with van der Waals surface area (Å²) in [4.78, 5) is 51.9. The zero-order valence-corrected chi connectivity index (χ0v) is 23.5. The molecular formula is C33H37N3O6. The van der Waals surface area contributed by atoms with Crippen LogP contribution in [0.3, 0.4) is 0 Å². The number of amides is 3. The van der Waals surface area contributed by atoms with Crippen molar-refractivity contribution in [3.63, 3.8) is 0 Å². The molecule has 220 valence electrons. The van der Waals surface area contributed by atoms with Crippen LogP contribution in [0.4, 0.5) is 5.69 Å². The van der Waals surface area contributed by atoms with Crippen molar-refractivity contribution in [1.29, 1.82) is 0 Å². The number of hydrogen-bond acceptors (Lipinski definition) is 6. The van der Waals surface area contributed by atoms with Gasteiger partial charge in [-0.05, 0) is 54.2 Å². The number of aliphatic hydroxyl groups excluding tert-OH is 1. The predicted octanol–water partition coefficient (Wildman–Crippen LogP) is 3.66. The van der Waals surface area contributed by atoms with Gasteiger partial charge in [-0.25, -0.2) is 0 Å². The molecule has 0 radical (unpaired) electrons. The molecule has 0 aliphatic carbocycles. The molecule has 4 rings (SSSR count). The number of esters is 1. The number of benzene rings is 3. The molecule has 3 amide bonds. The summed E-state index contributed by atoms with van der Waals surface area (Å²) in [5, 5.41) is 20.1. The molecule has 9 heteroatoms. The van der Waals surface area contributed by atoms with Crippen molar-refractivity contribution < 1.29 is 29.0 Å². The summed E-state index contributed by atoms with van der Waals surface area (Å²) in [5.74, 6) is -2.66. The first kappa shape index (κ1) is 30.5. The summed E-state index contributed by atoms with van der Waals surface area (Å²) in [6.07, 6.45) is 5.64. The molecule has 0 spiro atoms. The van der Waals surface area contributed by atoms with Crippen LogP contribution in [0, 0.1) is 5.92 Å². The molecule has 1 aliphatic heterocycles. The minimum atomic E-state index is -1.16. The minimum Gasteiger partial charge on any atom is -0.463 e. The maximum Gasteiger partial charge on any atom is 0.305 e. The molecular weight excluding hydrogens is 534 g/mol. The van der Waals surface area contributed by atoms with E-state index in [2.05, 4.69) is 16.0 Å². The number of allylic oxidation sites excluding steroid dienone is 2. The van der Waals surface area contributed by atoms with Crippen LogP contribution in [-0.4, -0.2) is 54.1 Å². The van der Waals surface area contributed by atoms with Crippen molar-refractivity contribution in [3.05, 3.63) is 90.5 Å². The van der Waals surface area contributed by atoms with Gasteiger partial charge in [0.05, 0.1) is 18.6 Å². The number of rotatable bonds is 8. The van der Waals surface area contributed by atoms with Gasteiger partial charge in [-0.1, -0.05) is 72.8 Å². The number of aliphatic hydroxyl groups is 1. The molecule has 1 heterocycles. The van der Waals surface area contributed by atoms with Crippen LogP contribution in [0.1, 0.15) is 37.7 Å². The van der Waals surface area contributed by atoms with Gasteiger partial charge >= 0.3 is 5.97 Å². The molecule has 0 bridgehead atoms. The monoisotopic (exact) mass is 571 g/mol. The summed E-state index contributed by atoms with van der Waals surface area (Å²) in [7, 11) is 0. The lowest BCUT2D eigenvalue weighted by Gasteiger charge is -2.23. The van der Waals surface area contributed by atoms with Crippen molar-refractivity contribution >= 4 is 40.2 Å². The SMILES string of the molecule is O=C(C[C@H]1CC=CCCCC(=O)OC[C@@H](C(=O)Nc2ccc3ccccc3c2)NC1=O)N[C@@H](CO)Cc1ccccc1. The first-order valence-electron chi connectivity index (χ1n) is 14.3. The molecule has 0 unspecified atom stereocenters. The largest absolute Gasteiger partial charge is 0.463 e. The van der Waals surface area contributed by atoms with Gasteiger partial charge in [0.1, 0.15) is 12.6 Å². The smallest absolute Gasteiger partial charge is 0.305 e. The maximum absolute atomic E-state index is 13.4. The second-order valence-electron chi connectivity index (χ2n) is 10.4. The van der Waals surface area contributed by atoms with Crippen molar-refractivity contribution in [2.24, 2.45) is 5.92 Å². The molecule has 9 nitrogen and oxygen atoms in total. The first-order chi connectivity index (χ1) is 20.4. The van der Waals surface area contributed by atoms with E-state index in [1.165, 1.54) is 0 Å². The highest BCUT2D eigenvalue weighted by molar-refractivity contribution is 5.99. The number of cyclic esters (lactones) is 1. The van der Waals surface area contributed by atoms with E-state index in [0.717, 1.165) is 16.3 Å². The summed E-state index contributed by atoms with van der Waals surface area (Å²) < 4.78 is 5.34. The third-order valence-electron chi connectivity index (χ3n) is 7.11. The topological polar surface area (TPSA) is 134 Å². The fourth-order valence-electron chi connectivity index (χ4n) is 4.81. The van der Waals surface area contributed by atoms with E-state index in [-0.39, 0.29) is 38.4 Å². The number of ether oxygens (including phenoxy) is 1. The Morgan fingerprint density at radius 1 is 0.976 bits per heavy atom. The number of fused-ring (bicyclic) bond motifs is 1. The van der Waals surface area contributed by atoms with E-state index in [4.69, 9.17) is 4.74 Å². The van der Waals surface area contributed by atoms with Gasteiger partial charge in [0.2, 0.25) is 11.8 Å². The highest BCUT2D eigenvalue weighted by Crippen LogP contribution is 2.19. The van der Waals surface area contributed by atoms with Gasteiger partial charge in [0.15, 0.2) is 0 Å². The number of nitrogens with one attached hydrogen (secondary N) is 3. The van der Waals surface area contributed by atoms with E-state index < -0.39 is 35.8 Å². The highest BCUT2D eigenvalue weighted by atomic mass is 16.5. The van der Waals surface area contributed by atoms with E-state index in [1.54, 1.807) is 6.07 Å². The first-order valence-corrected chi connectivity index (χ1v) is 14.3. The van der Waals surface area contributed by atoms with Crippen LogP contribution in [0.5, 0.6) is 0 Å². The zero-order valence-electron chi connectivity index (χ0n) is 23.5. The Morgan fingerprint density at radius 3 is 2.52 bits per heavy atom. The molecule has 3 aromatic rings. The molecule has 0 fully saturated rings. The van der Waals surface area contributed by atoms with Crippen LogP contribution < -0.4 is 16.0 Å². The van der Waals surface area contributed by atoms with E-state index in [0.29, 0.717) is 24.9 Å². The standard InChI is InChI=1S/C33H37N3O6/c37-21-28(18-23-10-4-3-5-11-23)34-30(38)20-26-14-6-1-2-7-15-31(39)42-22-29(36-32(26)40)33(41)35-27-17-16-24-12-8-9-13-25(24)19-27/h1,3-6,8-13,16-17,19,26,28-29,37H,2,7,14-15,18,20-22H2,(H,34,38)(H,35,41)(H,36,40)/t26-,28-,29+/m1/s1. The summed E-state index contributed by atoms with van der Waals surface area (Å²) in [6.45, 7) is -0.584. The predicted molar refractivity (Wildman–Crippen MR) is 160 cm³/mol. The zero-order chi connectivity index (χ0) is 29.7. The summed E-state index contributed by atoms with van der Waals surface area (Å²) in [6, 6.07) is 21.0. The number of hydrogen-bond donors (Lipinski definition) is 4. The minimum absolute atomic E-state index is 0.139. The van der Waals surface area contributed by atoms with Crippen molar-refractivity contribution in [3.8, 4) is 0 Å². The second-order valence-corrected chi connectivity index (χ2v) is 10.4. The fourth-order valence-corrected chi connectivity index (χ4v) is 4.81. The number of anilines is 1. The molecule has 42 heavy (non-hydrogen) atoms. The Kier molecular flexibility index (Phi) is 11.2. The molecule has 0 aromatic heterocycles. The summed E-state index contributed by atoms with van der Waals surface area (Å²) >= 11 is 0. The fraction of sp³-hybridized carbons (Fsp3) is 0.333. The van der Waals surface area contributed by atoms with Gasteiger partial charge in [-0.2, -0.15) is 0 Å². The van der Waals surface area contributed by atoms with Crippen LogP contribution in [-0.2, 0) is 30.3 Å². The Morgan fingerprint density at radius 2 is 1.74 bits per heavy atom. The lowest BCUT2D eigenvalue weighted by atomic mass is 9.98. The lowest BCUT2D eigenvalue weighted by Crippen LogP contribution is -2.49. The lowest BCUT2D eigenvalue weighted by molar-refractivity contribution is -0.146. The normalized spacial score (nSPS) is 18.9. The molecule has 3 atom stereocenters. The van der Waals surface area contributed by atoms with Crippen LogP contribution in [0.2, 0.25) is 0 Å². The van der Waals surface area contributed by atoms with E-state index in [9.17, 15) is 24.3 Å². The van der Waals surface area contributed by atoms with E-state index in [1.807, 2.05) is 78.9 Å². The van der Waals surface area contributed by atoms with Gasteiger partial charge in [-0.3, -0.25) is 19.2 Å². The molecule has 4 N–H and O–H groups in total.